The van der Waals surface area contributed by atoms with Crippen LogP contribution in [0.1, 0.15) is 27.7 Å². The van der Waals surface area contributed by atoms with Crippen molar-refractivity contribution < 1.29 is 38.4 Å². The van der Waals surface area contributed by atoms with Crippen molar-refractivity contribution in [2.45, 2.75) is 12.5 Å². The topological polar surface area (TPSA) is 119 Å². The first-order chi connectivity index (χ1) is 18.9. The lowest BCUT2D eigenvalue weighted by molar-refractivity contribution is -0.129. The SMILES string of the molecule is COc1ccc(CCN2C(=O)C(O)=C(C(=O)c3cc4cccc(OC)c4o3)C2c2ccc(O)cc2)cc1OC. The van der Waals surface area contributed by atoms with Crippen LogP contribution in [0.5, 0.6) is 23.0 Å². The molecule has 9 heteroatoms. The molecular formula is C30H27NO8. The van der Waals surface area contributed by atoms with Gasteiger partial charge in [-0.25, -0.2) is 0 Å². The fraction of sp³-hybridized carbons (Fsp3) is 0.200. The van der Waals surface area contributed by atoms with Gasteiger partial charge in [0.05, 0.1) is 32.9 Å². The lowest BCUT2D eigenvalue weighted by Crippen LogP contribution is -2.33. The van der Waals surface area contributed by atoms with Crippen LogP contribution in [0.15, 0.2) is 82.5 Å². The number of amides is 1. The number of hydrogen-bond donors (Lipinski definition) is 2. The Morgan fingerprint density at radius 2 is 1.62 bits per heavy atom. The Morgan fingerprint density at radius 3 is 2.31 bits per heavy atom. The summed E-state index contributed by atoms with van der Waals surface area (Å²) in [5.41, 5.74) is 1.71. The molecule has 0 saturated heterocycles. The molecule has 0 bridgehead atoms. The lowest BCUT2D eigenvalue weighted by Gasteiger charge is -2.27. The Hall–Kier alpha value is -4.92. The number of ether oxygens (including phenoxy) is 3. The second kappa shape index (κ2) is 10.4. The molecule has 5 rings (SSSR count). The molecule has 39 heavy (non-hydrogen) atoms. The number of furan rings is 1. The Labute approximate surface area is 224 Å². The third-order valence-electron chi connectivity index (χ3n) is 6.80. The molecule has 1 amide bonds. The first-order valence-electron chi connectivity index (χ1n) is 12.2. The smallest absolute Gasteiger partial charge is 0.290 e. The van der Waals surface area contributed by atoms with Gasteiger partial charge in [-0.1, -0.05) is 30.3 Å². The van der Waals surface area contributed by atoms with Crippen LogP contribution in [0, 0.1) is 0 Å². The highest BCUT2D eigenvalue weighted by atomic mass is 16.5. The van der Waals surface area contributed by atoms with Gasteiger partial charge in [0.15, 0.2) is 34.4 Å². The molecule has 1 aliphatic heterocycles. The normalized spacial score (nSPS) is 15.2. The van der Waals surface area contributed by atoms with Gasteiger partial charge in [-0.05, 0) is 53.9 Å². The van der Waals surface area contributed by atoms with E-state index in [1.165, 1.54) is 24.1 Å². The van der Waals surface area contributed by atoms with Crippen molar-refractivity contribution in [1.82, 2.24) is 4.90 Å². The van der Waals surface area contributed by atoms with E-state index in [0.29, 0.717) is 40.2 Å². The summed E-state index contributed by atoms with van der Waals surface area (Å²) in [4.78, 5) is 28.6. The van der Waals surface area contributed by atoms with Crippen molar-refractivity contribution in [3.8, 4) is 23.0 Å². The second-order valence-corrected chi connectivity index (χ2v) is 9.01. The third kappa shape index (κ3) is 4.63. The number of methoxy groups -OCH3 is 3. The standard InChI is InChI=1S/C30H27NO8/c1-36-21-12-7-17(15-23(21)38-3)13-14-31-26(18-8-10-20(32)11-9-18)25(28(34)30(31)35)27(33)24-16-19-5-4-6-22(37-2)29(19)39-24/h4-12,15-16,26,32,34H,13-14H2,1-3H3. The number of phenolic OH excluding ortho intramolecular Hbond substituents is 1. The summed E-state index contributed by atoms with van der Waals surface area (Å²) in [6, 6.07) is 17.5. The van der Waals surface area contributed by atoms with Crippen LogP contribution < -0.4 is 14.2 Å². The van der Waals surface area contributed by atoms with Crippen LogP contribution in [0.25, 0.3) is 11.0 Å². The molecule has 3 aromatic carbocycles. The van der Waals surface area contributed by atoms with E-state index in [0.717, 1.165) is 5.56 Å². The van der Waals surface area contributed by atoms with Crippen LogP contribution in [-0.2, 0) is 11.2 Å². The summed E-state index contributed by atoms with van der Waals surface area (Å²) in [5.74, 6) is -0.349. The van der Waals surface area contributed by atoms with E-state index in [2.05, 4.69) is 0 Å². The van der Waals surface area contributed by atoms with Gasteiger partial charge in [0.2, 0.25) is 5.78 Å². The number of hydrogen-bond acceptors (Lipinski definition) is 8. The molecule has 9 nitrogen and oxygen atoms in total. The van der Waals surface area contributed by atoms with Crippen molar-refractivity contribution in [3.05, 3.63) is 94.9 Å². The van der Waals surface area contributed by atoms with Crippen molar-refractivity contribution in [2.24, 2.45) is 0 Å². The van der Waals surface area contributed by atoms with E-state index in [4.69, 9.17) is 18.6 Å². The highest BCUT2D eigenvalue weighted by Gasteiger charge is 2.44. The van der Waals surface area contributed by atoms with Gasteiger partial charge in [-0.15, -0.1) is 0 Å². The average Bonchev–Trinajstić information content (AvgIpc) is 3.50. The Bertz CT molecular complexity index is 1580. The largest absolute Gasteiger partial charge is 0.508 e. The van der Waals surface area contributed by atoms with Crippen molar-refractivity contribution >= 4 is 22.7 Å². The molecule has 0 aliphatic carbocycles. The second-order valence-electron chi connectivity index (χ2n) is 9.01. The molecule has 0 radical (unpaired) electrons. The summed E-state index contributed by atoms with van der Waals surface area (Å²) in [6.45, 7) is 0.189. The van der Waals surface area contributed by atoms with Gasteiger partial charge >= 0.3 is 0 Å². The number of para-hydroxylation sites is 1. The van der Waals surface area contributed by atoms with Gasteiger partial charge in [-0.3, -0.25) is 9.59 Å². The predicted molar refractivity (Wildman–Crippen MR) is 143 cm³/mol. The molecule has 0 fully saturated rings. The van der Waals surface area contributed by atoms with E-state index in [1.54, 1.807) is 56.7 Å². The number of aliphatic hydroxyl groups excluding tert-OH is 1. The predicted octanol–water partition coefficient (Wildman–Crippen LogP) is 4.99. The van der Waals surface area contributed by atoms with Crippen LogP contribution in [0.2, 0.25) is 0 Å². The number of carbonyl (C=O) groups excluding carboxylic acids is 2. The molecule has 2 N–H and O–H groups in total. The zero-order valence-electron chi connectivity index (χ0n) is 21.6. The number of benzene rings is 3. The minimum atomic E-state index is -0.902. The van der Waals surface area contributed by atoms with Gasteiger partial charge in [0.25, 0.3) is 5.91 Å². The van der Waals surface area contributed by atoms with Crippen LogP contribution in [-0.4, -0.2) is 54.7 Å². The maximum atomic E-state index is 13.8. The molecule has 1 atom stereocenters. The number of Topliss-reactive ketones (excluding diaryl/α,β-unsaturated/α-hetero) is 1. The molecule has 2 heterocycles. The lowest BCUT2D eigenvalue weighted by atomic mass is 9.94. The number of fused-ring (bicyclic) bond motifs is 1. The molecule has 4 aromatic rings. The van der Waals surface area contributed by atoms with Gasteiger partial charge in [0, 0.05) is 11.9 Å². The van der Waals surface area contributed by atoms with Gasteiger partial charge in [-0.2, -0.15) is 0 Å². The summed E-state index contributed by atoms with van der Waals surface area (Å²) in [7, 11) is 4.59. The number of aromatic hydroxyl groups is 1. The van der Waals surface area contributed by atoms with Gasteiger partial charge in [0.1, 0.15) is 5.75 Å². The average molecular weight is 530 g/mol. The number of ketones is 1. The van der Waals surface area contributed by atoms with Crippen molar-refractivity contribution in [1.29, 1.82) is 0 Å². The Kier molecular flexibility index (Phi) is 6.89. The van der Waals surface area contributed by atoms with Crippen molar-refractivity contribution in [2.75, 3.05) is 27.9 Å². The Morgan fingerprint density at radius 1 is 0.897 bits per heavy atom. The van der Waals surface area contributed by atoms with E-state index in [1.807, 2.05) is 12.1 Å². The van der Waals surface area contributed by atoms with E-state index < -0.39 is 23.5 Å². The molecule has 1 aliphatic rings. The Balaban J connectivity index is 1.51. The van der Waals surface area contributed by atoms with E-state index in [9.17, 15) is 19.8 Å². The third-order valence-corrected chi connectivity index (χ3v) is 6.80. The van der Waals surface area contributed by atoms with Gasteiger partial charge < -0.3 is 33.7 Å². The number of carbonyl (C=O) groups is 2. The molecule has 0 saturated carbocycles. The van der Waals surface area contributed by atoms with Crippen molar-refractivity contribution in [3.63, 3.8) is 0 Å². The first kappa shape index (κ1) is 25.7. The number of rotatable bonds is 9. The number of nitrogens with zero attached hydrogens (tertiary/aromatic N) is 1. The van der Waals surface area contributed by atoms with Crippen LogP contribution >= 0.6 is 0 Å². The van der Waals surface area contributed by atoms with Crippen LogP contribution in [0.4, 0.5) is 0 Å². The van der Waals surface area contributed by atoms with E-state index in [-0.39, 0.29) is 23.6 Å². The van der Waals surface area contributed by atoms with Crippen LogP contribution in [0.3, 0.4) is 0 Å². The molecule has 1 aromatic heterocycles. The summed E-state index contributed by atoms with van der Waals surface area (Å²) < 4.78 is 21.9. The monoisotopic (exact) mass is 529 g/mol. The summed E-state index contributed by atoms with van der Waals surface area (Å²) in [6.07, 6.45) is 0.414. The number of aliphatic hydroxyl groups is 1. The summed E-state index contributed by atoms with van der Waals surface area (Å²) in [5, 5.41) is 21.5. The molecule has 200 valence electrons. The highest BCUT2D eigenvalue weighted by molar-refractivity contribution is 6.16. The fourth-order valence-corrected chi connectivity index (χ4v) is 4.85. The maximum Gasteiger partial charge on any atom is 0.290 e. The number of phenols is 1. The quantitative estimate of drug-likeness (QED) is 0.291. The zero-order chi connectivity index (χ0) is 27.7. The zero-order valence-corrected chi connectivity index (χ0v) is 21.6. The molecular weight excluding hydrogens is 502 g/mol. The van der Waals surface area contributed by atoms with E-state index >= 15 is 0 Å². The molecule has 0 spiro atoms. The maximum absolute atomic E-state index is 13.8. The minimum absolute atomic E-state index is 0.0328. The molecule has 1 unspecified atom stereocenters. The first-order valence-corrected chi connectivity index (χ1v) is 12.2. The summed E-state index contributed by atoms with van der Waals surface area (Å²) >= 11 is 0. The minimum Gasteiger partial charge on any atom is -0.508 e. The highest BCUT2D eigenvalue weighted by Crippen LogP contribution is 2.41. The fourth-order valence-electron chi connectivity index (χ4n) is 4.85.